The molecule has 1 heterocycles. The topological polar surface area (TPSA) is 42.4 Å². The number of carbonyl (C=O) groups excluding carboxylic acids is 1. The predicted octanol–water partition coefficient (Wildman–Crippen LogP) is 3.89. The predicted molar refractivity (Wildman–Crippen MR) is 88.4 cm³/mol. The van der Waals surface area contributed by atoms with Crippen molar-refractivity contribution in [2.45, 2.75) is 6.54 Å². The third-order valence-electron chi connectivity index (χ3n) is 2.96. The summed E-state index contributed by atoms with van der Waals surface area (Å²) < 4.78 is 6.95. The van der Waals surface area contributed by atoms with E-state index >= 15 is 0 Å². The second-order valence-corrected chi connectivity index (χ2v) is 6.22. The second-order valence-electron chi connectivity index (χ2n) is 4.45. The Kier molecular flexibility index (Phi) is 5.36. The summed E-state index contributed by atoms with van der Waals surface area (Å²) in [6.07, 6.45) is 1.60. The Balaban J connectivity index is 2.22. The molecule has 0 atom stereocenters. The maximum absolute atomic E-state index is 12.4. The minimum absolute atomic E-state index is 0.149. The summed E-state index contributed by atoms with van der Waals surface area (Å²) in [5.41, 5.74) is 1.32. The van der Waals surface area contributed by atoms with E-state index in [1.165, 1.54) is 0 Å². The molecule has 6 heteroatoms. The van der Waals surface area contributed by atoms with Gasteiger partial charge in [0.25, 0.3) is 5.91 Å². The summed E-state index contributed by atoms with van der Waals surface area (Å²) in [6.45, 7) is 0.435. The van der Waals surface area contributed by atoms with E-state index in [-0.39, 0.29) is 5.91 Å². The lowest BCUT2D eigenvalue weighted by molar-refractivity contribution is 0.0777. The molecule has 4 nitrogen and oxygen atoms in total. The summed E-state index contributed by atoms with van der Waals surface area (Å²) in [5.74, 6) is 0.599. The number of benzene rings is 1. The first-order chi connectivity index (χ1) is 10.0. The Labute approximate surface area is 140 Å². The van der Waals surface area contributed by atoms with Gasteiger partial charge in [0.1, 0.15) is 11.4 Å². The fourth-order valence-electron chi connectivity index (χ4n) is 1.92. The van der Waals surface area contributed by atoms with Gasteiger partial charge in [-0.1, -0.05) is 15.9 Å². The number of halogens is 2. The SMILES string of the molecule is COc1ccc(Br)cc1CN(C)C(=O)c1ncccc1Br. The fourth-order valence-corrected chi connectivity index (χ4v) is 2.75. The molecule has 0 saturated heterocycles. The largest absolute Gasteiger partial charge is 0.496 e. The van der Waals surface area contributed by atoms with Crippen molar-refractivity contribution >= 4 is 37.8 Å². The molecule has 0 bridgehead atoms. The van der Waals surface area contributed by atoms with Gasteiger partial charge in [-0.15, -0.1) is 0 Å². The molecule has 2 rings (SSSR count). The van der Waals surface area contributed by atoms with Gasteiger partial charge < -0.3 is 9.64 Å². The number of aromatic nitrogens is 1. The molecule has 0 unspecified atom stereocenters. The van der Waals surface area contributed by atoms with Crippen LogP contribution in [0.4, 0.5) is 0 Å². The van der Waals surface area contributed by atoms with Gasteiger partial charge in [0, 0.05) is 34.3 Å². The van der Waals surface area contributed by atoms with Crippen LogP contribution in [0, 0.1) is 0 Å². The van der Waals surface area contributed by atoms with Crippen molar-refractivity contribution in [3.8, 4) is 5.75 Å². The van der Waals surface area contributed by atoms with Crippen LogP contribution in [0.1, 0.15) is 16.1 Å². The third-order valence-corrected chi connectivity index (χ3v) is 4.09. The van der Waals surface area contributed by atoms with Gasteiger partial charge in [-0.3, -0.25) is 4.79 Å². The van der Waals surface area contributed by atoms with Crippen LogP contribution in [0.3, 0.4) is 0 Å². The van der Waals surface area contributed by atoms with E-state index in [2.05, 4.69) is 36.8 Å². The maximum atomic E-state index is 12.4. The van der Waals surface area contributed by atoms with Crippen molar-refractivity contribution in [2.24, 2.45) is 0 Å². The van der Waals surface area contributed by atoms with Gasteiger partial charge in [-0.05, 0) is 46.3 Å². The van der Waals surface area contributed by atoms with Gasteiger partial charge in [0.15, 0.2) is 0 Å². The van der Waals surface area contributed by atoms with Crippen molar-refractivity contribution in [2.75, 3.05) is 14.2 Å². The summed E-state index contributed by atoms with van der Waals surface area (Å²) in [7, 11) is 3.35. The summed E-state index contributed by atoms with van der Waals surface area (Å²) in [4.78, 5) is 18.2. The third kappa shape index (κ3) is 3.83. The van der Waals surface area contributed by atoms with Crippen molar-refractivity contribution in [1.29, 1.82) is 0 Å². The molecule has 0 aliphatic heterocycles. The van der Waals surface area contributed by atoms with Crippen molar-refractivity contribution in [1.82, 2.24) is 9.88 Å². The number of nitrogens with zero attached hydrogens (tertiary/aromatic N) is 2. The molecule has 21 heavy (non-hydrogen) atoms. The summed E-state index contributed by atoms with van der Waals surface area (Å²) in [5, 5.41) is 0. The number of pyridine rings is 1. The van der Waals surface area contributed by atoms with E-state index in [0.29, 0.717) is 16.7 Å². The standard InChI is InChI=1S/C15H14Br2N2O2/c1-19(15(20)14-12(17)4-3-7-18-14)9-10-8-11(16)5-6-13(10)21-2/h3-8H,9H2,1-2H3. The Morgan fingerprint density at radius 1 is 1.33 bits per heavy atom. The van der Waals surface area contributed by atoms with Gasteiger partial charge in [0.05, 0.1) is 7.11 Å². The van der Waals surface area contributed by atoms with Gasteiger partial charge in [-0.25, -0.2) is 4.98 Å². The molecule has 2 aromatic rings. The molecule has 0 fully saturated rings. The van der Waals surface area contributed by atoms with E-state index in [1.54, 1.807) is 37.4 Å². The van der Waals surface area contributed by atoms with E-state index in [1.807, 2.05) is 18.2 Å². The van der Waals surface area contributed by atoms with Crippen LogP contribution in [-0.4, -0.2) is 29.9 Å². The average molecular weight is 414 g/mol. The highest BCUT2D eigenvalue weighted by Gasteiger charge is 2.17. The van der Waals surface area contributed by atoms with Crippen LogP contribution in [0.25, 0.3) is 0 Å². The maximum Gasteiger partial charge on any atom is 0.273 e. The van der Waals surface area contributed by atoms with Crippen LogP contribution in [0.2, 0.25) is 0 Å². The highest BCUT2D eigenvalue weighted by molar-refractivity contribution is 9.10. The minimum atomic E-state index is -0.149. The number of amides is 1. The monoisotopic (exact) mass is 412 g/mol. The number of rotatable bonds is 4. The molecule has 0 aliphatic rings. The van der Waals surface area contributed by atoms with E-state index in [4.69, 9.17) is 4.74 Å². The van der Waals surface area contributed by atoms with Crippen LogP contribution in [0.5, 0.6) is 5.75 Å². The first-order valence-electron chi connectivity index (χ1n) is 6.21. The zero-order valence-corrected chi connectivity index (χ0v) is 14.8. The van der Waals surface area contributed by atoms with Crippen LogP contribution < -0.4 is 4.74 Å². The highest BCUT2D eigenvalue weighted by atomic mass is 79.9. The van der Waals surface area contributed by atoms with Crippen LogP contribution in [-0.2, 0) is 6.54 Å². The first kappa shape index (κ1) is 16.0. The number of hydrogen-bond donors (Lipinski definition) is 0. The Morgan fingerprint density at radius 3 is 2.76 bits per heavy atom. The molecule has 1 amide bonds. The molecule has 1 aromatic heterocycles. The number of ether oxygens (including phenoxy) is 1. The van der Waals surface area contributed by atoms with E-state index < -0.39 is 0 Å². The zero-order valence-electron chi connectivity index (χ0n) is 11.6. The quantitative estimate of drug-likeness (QED) is 0.763. The Bertz CT molecular complexity index is 662. The molecule has 110 valence electrons. The van der Waals surface area contributed by atoms with Crippen molar-refractivity contribution < 1.29 is 9.53 Å². The first-order valence-corrected chi connectivity index (χ1v) is 7.80. The van der Waals surface area contributed by atoms with Gasteiger partial charge in [0.2, 0.25) is 0 Å². The number of carbonyl (C=O) groups is 1. The molecular weight excluding hydrogens is 400 g/mol. The molecule has 0 saturated carbocycles. The van der Waals surface area contributed by atoms with Crippen molar-refractivity contribution in [3.63, 3.8) is 0 Å². The zero-order chi connectivity index (χ0) is 15.4. The van der Waals surface area contributed by atoms with Crippen molar-refractivity contribution in [3.05, 3.63) is 56.7 Å². The lowest BCUT2D eigenvalue weighted by Gasteiger charge is -2.19. The van der Waals surface area contributed by atoms with E-state index in [9.17, 15) is 4.79 Å². The van der Waals surface area contributed by atoms with Gasteiger partial charge in [-0.2, -0.15) is 0 Å². The smallest absolute Gasteiger partial charge is 0.273 e. The average Bonchev–Trinajstić information content (AvgIpc) is 2.47. The molecule has 0 spiro atoms. The lowest BCUT2D eigenvalue weighted by Crippen LogP contribution is -2.27. The normalized spacial score (nSPS) is 10.3. The lowest BCUT2D eigenvalue weighted by atomic mass is 10.2. The van der Waals surface area contributed by atoms with Gasteiger partial charge >= 0.3 is 0 Å². The van der Waals surface area contributed by atoms with Crippen LogP contribution >= 0.6 is 31.9 Å². The highest BCUT2D eigenvalue weighted by Crippen LogP contribution is 2.25. The van der Waals surface area contributed by atoms with E-state index in [0.717, 1.165) is 15.8 Å². The molecule has 0 N–H and O–H groups in total. The fraction of sp³-hybridized carbons (Fsp3) is 0.200. The summed E-state index contributed by atoms with van der Waals surface area (Å²) in [6, 6.07) is 9.29. The molecule has 0 radical (unpaired) electrons. The Morgan fingerprint density at radius 2 is 2.10 bits per heavy atom. The summed E-state index contributed by atoms with van der Waals surface area (Å²) >= 11 is 6.78. The number of methoxy groups -OCH3 is 1. The molecule has 1 aromatic carbocycles. The Hall–Kier alpha value is -1.40. The minimum Gasteiger partial charge on any atom is -0.496 e. The molecule has 0 aliphatic carbocycles. The second kappa shape index (κ2) is 7.04. The van der Waals surface area contributed by atoms with Crippen LogP contribution in [0.15, 0.2) is 45.5 Å². The number of hydrogen-bond acceptors (Lipinski definition) is 3. The molecular formula is C15H14Br2N2O2.